The Morgan fingerprint density at radius 3 is 2.72 bits per heavy atom. The second-order valence-electron chi connectivity index (χ2n) is 5.13. The van der Waals surface area contributed by atoms with Gasteiger partial charge in [0.2, 0.25) is 5.91 Å². The zero-order chi connectivity index (χ0) is 13.2. The van der Waals surface area contributed by atoms with Crippen LogP contribution in [0.2, 0.25) is 0 Å². The Balaban J connectivity index is 1.94. The van der Waals surface area contributed by atoms with E-state index in [2.05, 4.69) is 5.32 Å². The molecule has 102 valence electrons. The normalized spacial score (nSPS) is 31.3. The summed E-state index contributed by atoms with van der Waals surface area (Å²) in [6.45, 7) is 0. The summed E-state index contributed by atoms with van der Waals surface area (Å²) < 4.78 is 4.94. The summed E-state index contributed by atoms with van der Waals surface area (Å²) in [5.41, 5.74) is 4.61. The van der Waals surface area contributed by atoms with Crippen LogP contribution in [0.4, 0.5) is 0 Å². The van der Waals surface area contributed by atoms with Crippen molar-refractivity contribution in [3.63, 3.8) is 0 Å². The quantitative estimate of drug-likeness (QED) is 0.685. The molecular weight excluding hydrogens is 252 g/mol. The Hall–Kier alpha value is -0.750. The molecule has 0 aromatic heterocycles. The molecule has 0 aliphatic heterocycles. The number of esters is 1. The third-order valence-electron chi connectivity index (χ3n) is 3.56. The molecule has 0 bridgehead atoms. The topological polar surface area (TPSA) is 81.4 Å². The van der Waals surface area contributed by atoms with Crippen molar-refractivity contribution in [2.75, 3.05) is 12.9 Å². The maximum atomic E-state index is 12.0. The summed E-state index contributed by atoms with van der Waals surface area (Å²) in [5.74, 6) is -0.145. The number of thioether (sulfide) groups is 1. The molecule has 1 amide bonds. The number of amides is 1. The van der Waals surface area contributed by atoms with E-state index in [0.717, 1.165) is 32.1 Å². The number of ether oxygens (including phenoxy) is 1. The summed E-state index contributed by atoms with van der Waals surface area (Å²) in [5, 5.41) is 3.74. The summed E-state index contributed by atoms with van der Waals surface area (Å²) in [6.07, 6.45) is 4.71. The third-order valence-corrected chi connectivity index (χ3v) is 4.89. The fraction of sp³-hybridized carbons (Fsp3) is 0.833. The maximum Gasteiger partial charge on any atom is 0.326 e. The van der Waals surface area contributed by atoms with Gasteiger partial charge in [0.1, 0.15) is 5.54 Å². The molecule has 0 aromatic rings. The van der Waals surface area contributed by atoms with Crippen LogP contribution in [-0.4, -0.2) is 41.6 Å². The van der Waals surface area contributed by atoms with Gasteiger partial charge in [-0.3, -0.25) is 14.9 Å². The van der Waals surface area contributed by atoms with Crippen LogP contribution >= 0.6 is 11.8 Å². The molecule has 2 unspecified atom stereocenters. The van der Waals surface area contributed by atoms with Crippen LogP contribution in [0.15, 0.2) is 0 Å². The minimum Gasteiger partial charge on any atom is -0.468 e. The number of carbonyl (C=O) groups is 2. The fourth-order valence-electron chi connectivity index (χ4n) is 2.53. The van der Waals surface area contributed by atoms with E-state index >= 15 is 0 Å². The zero-order valence-corrected chi connectivity index (χ0v) is 11.4. The molecule has 2 rings (SSSR count). The average Bonchev–Trinajstić information content (AvgIpc) is 3.04. The highest BCUT2D eigenvalue weighted by Gasteiger charge is 2.48. The highest BCUT2D eigenvalue weighted by Crippen LogP contribution is 2.40. The van der Waals surface area contributed by atoms with E-state index in [4.69, 9.17) is 10.5 Å². The fourth-order valence-corrected chi connectivity index (χ4v) is 3.62. The lowest BCUT2D eigenvalue weighted by atomic mass is 9.97. The van der Waals surface area contributed by atoms with Crippen molar-refractivity contribution in [3.8, 4) is 0 Å². The van der Waals surface area contributed by atoms with Crippen LogP contribution in [0, 0.1) is 0 Å². The van der Waals surface area contributed by atoms with Gasteiger partial charge in [-0.05, 0) is 32.1 Å². The van der Waals surface area contributed by atoms with Gasteiger partial charge in [0.15, 0.2) is 0 Å². The van der Waals surface area contributed by atoms with Crippen LogP contribution < -0.4 is 11.1 Å². The Morgan fingerprint density at radius 2 is 2.17 bits per heavy atom. The monoisotopic (exact) mass is 272 g/mol. The zero-order valence-electron chi connectivity index (χ0n) is 10.6. The van der Waals surface area contributed by atoms with Gasteiger partial charge in [-0.2, -0.15) is 0 Å². The highest BCUT2D eigenvalue weighted by atomic mass is 32.2. The number of rotatable bonds is 6. The van der Waals surface area contributed by atoms with Crippen LogP contribution in [-0.2, 0) is 14.3 Å². The van der Waals surface area contributed by atoms with Crippen LogP contribution in [0.5, 0.6) is 0 Å². The first-order valence-corrected chi connectivity index (χ1v) is 7.36. The molecule has 6 heteroatoms. The molecule has 0 heterocycles. The van der Waals surface area contributed by atoms with Crippen molar-refractivity contribution in [1.29, 1.82) is 0 Å². The molecule has 18 heavy (non-hydrogen) atoms. The van der Waals surface area contributed by atoms with Gasteiger partial charge in [0.05, 0.1) is 12.9 Å². The van der Waals surface area contributed by atoms with E-state index in [9.17, 15) is 9.59 Å². The molecule has 2 aliphatic rings. The van der Waals surface area contributed by atoms with E-state index in [1.165, 1.54) is 7.11 Å². The number of primary amides is 1. The largest absolute Gasteiger partial charge is 0.468 e. The number of hydrogen-bond donors (Lipinski definition) is 2. The molecule has 2 atom stereocenters. The smallest absolute Gasteiger partial charge is 0.326 e. The van der Waals surface area contributed by atoms with Crippen molar-refractivity contribution in [3.05, 3.63) is 0 Å². The minimum absolute atomic E-state index is 0.170. The van der Waals surface area contributed by atoms with Crippen molar-refractivity contribution < 1.29 is 14.3 Å². The van der Waals surface area contributed by atoms with Crippen molar-refractivity contribution in [2.24, 2.45) is 5.73 Å². The van der Waals surface area contributed by atoms with Crippen LogP contribution in [0.25, 0.3) is 0 Å². The van der Waals surface area contributed by atoms with Gasteiger partial charge < -0.3 is 10.5 Å². The number of nitrogens with two attached hydrogens (primary N) is 1. The lowest BCUT2D eigenvalue weighted by molar-refractivity contribution is -0.148. The molecule has 2 saturated carbocycles. The lowest BCUT2D eigenvalue weighted by Crippen LogP contribution is -2.52. The number of nitrogens with one attached hydrogen (secondary N) is 1. The molecule has 0 spiro atoms. The van der Waals surface area contributed by atoms with Gasteiger partial charge in [-0.25, -0.2) is 0 Å². The van der Waals surface area contributed by atoms with Gasteiger partial charge in [-0.1, -0.05) is 0 Å². The standard InChI is InChI=1S/C12H20N2O3S/c1-17-11(16)12(14-8-2-3-8)5-4-9(6-12)18-7-10(13)15/h8-9,14H,2-7H2,1H3,(H2,13,15). The van der Waals surface area contributed by atoms with Crippen molar-refractivity contribution in [1.82, 2.24) is 5.32 Å². The van der Waals surface area contributed by atoms with Gasteiger partial charge in [0, 0.05) is 11.3 Å². The van der Waals surface area contributed by atoms with E-state index in [1.807, 2.05) is 0 Å². The van der Waals surface area contributed by atoms with E-state index in [-0.39, 0.29) is 11.9 Å². The Kier molecular flexibility index (Phi) is 4.17. The number of carbonyl (C=O) groups excluding carboxylic acids is 2. The summed E-state index contributed by atoms with van der Waals surface area (Å²) >= 11 is 1.55. The number of methoxy groups -OCH3 is 1. The Labute approximate surface area is 111 Å². The van der Waals surface area contributed by atoms with Crippen LogP contribution in [0.3, 0.4) is 0 Å². The minimum atomic E-state index is -0.536. The molecule has 0 saturated heterocycles. The van der Waals surface area contributed by atoms with Gasteiger partial charge >= 0.3 is 5.97 Å². The first-order chi connectivity index (χ1) is 8.55. The molecular formula is C12H20N2O3S. The molecule has 0 radical (unpaired) electrons. The van der Waals surface area contributed by atoms with Crippen LogP contribution in [0.1, 0.15) is 32.1 Å². The third kappa shape index (κ3) is 3.17. The summed E-state index contributed by atoms with van der Waals surface area (Å²) in [7, 11) is 1.43. The molecule has 5 nitrogen and oxygen atoms in total. The number of hydrogen-bond acceptors (Lipinski definition) is 5. The van der Waals surface area contributed by atoms with Crippen molar-refractivity contribution >= 4 is 23.6 Å². The SMILES string of the molecule is COC(=O)C1(NC2CC2)CCC(SCC(N)=O)C1. The van der Waals surface area contributed by atoms with E-state index in [1.54, 1.807) is 11.8 Å². The Morgan fingerprint density at radius 1 is 1.44 bits per heavy atom. The second-order valence-corrected chi connectivity index (χ2v) is 6.42. The second kappa shape index (κ2) is 5.48. The maximum absolute atomic E-state index is 12.0. The predicted octanol–water partition coefficient (Wildman–Crippen LogP) is 0.421. The lowest BCUT2D eigenvalue weighted by Gasteiger charge is -2.27. The highest BCUT2D eigenvalue weighted by molar-refractivity contribution is 8.00. The first kappa shape index (κ1) is 13.7. The van der Waals surface area contributed by atoms with Gasteiger partial charge in [0.25, 0.3) is 0 Å². The molecule has 2 aliphatic carbocycles. The summed E-state index contributed by atoms with van der Waals surface area (Å²) in [4.78, 5) is 22.8. The van der Waals surface area contributed by atoms with E-state index < -0.39 is 5.54 Å². The molecule has 3 N–H and O–H groups in total. The first-order valence-electron chi connectivity index (χ1n) is 6.32. The molecule has 2 fully saturated rings. The average molecular weight is 272 g/mol. The Bertz CT molecular complexity index is 346. The van der Waals surface area contributed by atoms with Crippen molar-refractivity contribution in [2.45, 2.75) is 48.9 Å². The van der Waals surface area contributed by atoms with E-state index in [0.29, 0.717) is 17.0 Å². The predicted molar refractivity (Wildman–Crippen MR) is 70.2 cm³/mol. The summed E-state index contributed by atoms with van der Waals surface area (Å²) in [6, 6.07) is 0.462. The van der Waals surface area contributed by atoms with Gasteiger partial charge in [-0.15, -0.1) is 11.8 Å². The molecule has 0 aromatic carbocycles.